The molecule has 1 aromatic rings. The number of carboxylic acids is 1. The fourth-order valence-electron chi connectivity index (χ4n) is 3.03. The summed E-state index contributed by atoms with van der Waals surface area (Å²) in [6, 6.07) is 9.25. The van der Waals surface area contributed by atoms with Gasteiger partial charge in [-0.3, -0.25) is 13.8 Å². The molecule has 0 radical (unpaired) electrons. The molecule has 1 aliphatic rings. The Kier molecular flexibility index (Phi) is 6.33. The van der Waals surface area contributed by atoms with Gasteiger partial charge in [0.25, 0.3) is 0 Å². The van der Waals surface area contributed by atoms with E-state index in [4.69, 9.17) is 5.11 Å². The Morgan fingerprint density at radius 3 is 2.26 bits per heavy atom. The van der Waals surface area contributed by atoms with Gasteiger partial charge >= 0.3 is 5.97 Å². The third-order valence-electron chi connectivity index (χ3n) is 4.37. The monoisotopic (exact) mass is 337 g/mol. The second-order valence-electron chi connectivity index (χ2n) is 6.10. The van der Waals surface area contributed by atoms with Crippen molar-refractivity contribution in [2.24, 2.45) is 11.8 Å². The summed E-state index contributed by atoms with van der Waals surface area (Å²) in [6.45, 7) is 0. The molecule has 0 aliphatic heterocycles. The van der Waals surface area contributed by atoms with E-state index in [0.717, 1.165) is 5.56 Å². The Balaban J connectivity index is 1.98. The first-order chi connectivity index (χ1) is 11.0. The zero-order chi connectivity index (χ0) is 16.8. The summed E-state index contributed by atoms with van der Waals surface area (Å²) in [5, 5.41) is 12.0. The van der Waals surface area contributed by atoms with Gasteiger partial charge in [0.1, 0.15) is 0 Å². The standard InChI is InChI=1S/C17H23NO4S/c1-23(22)11-15(12-5-3-2-4-6-12)18-16(19)13-7-9-14(10-8-13)17(20)21/h2-6,13-15H,7-11H2,1H3,(H,18,19)(H,20,21). The normalized spacial score (nSPS) is 23.7. The molecule has 0 spiro atoms. The van der Waals surface area contributed by atoms with E-state index in [-0.39, 0.29) is 23.8 Å². The van der Waals surface area contributed by atoms with E-state index in [2.05, 4.69) is 5.32 Å². The van der Waals surface area contributed by atoms with Gasteiger partial charge in [-0.05, 0) is 31.2 Å². The Bertz CT molecular complexity index is 567. The van der Waals surface area contributed by atoms with E-state index < -0.39 is 16.8 Å². The molecule has 5 nitrogen and oxygen atoms in total. The summed E-state index contributed by atoms with van der Waals surface area (Å²) in [6.07, 6.45) is 3.91. The molecule has 0 aromatic heterocycles. The molecular weight excluding hydrogens is 314 g/mol. The topological polar surface area (TPSA) is 83.5 Å². The molecule has 2 N–H and O–H groups in total. The number of hydrogen-bond donors (Lipinski definition) is 2. The summed E-state index contributed by atoms with van der Waals surface area (Å²) in [5.74, 6) is -0.935. The van der Waals surface area contributed by atoms with Crippen LogP contribution < -0.4 is 5.32 Å². The maximum atomic E-state index is 12.5. The fourth-order valence-corrected chi connectivity index (χ4v) is 3.78. The number of carboxylic acid groups (broad SMARTS) is 1. The molecule has 0 bridgehead atoms. The third-order valence-corrected chi connectivity index (χ3v) is 5.17. The Hall–Kier alpha value is -1.69. The summed E-state index contributed by atoms with van der Waals surface area (Å²) >= 11 is 0. The summed E-state index contributed by atoms with van der Waals surface area (Å²) in [5.41, 5.74) is 0.940. The molecule has 0 saturated heterocycles. The summed E-state index contributed by atoms with van der Waals surface area (Å²) in [7, 11) is -1.02. The third kappa shape index (κ3) is 5.16. The molecular formula is C17H23NO4S. The Morgan fingerprint density at radius 1 is 1.17 bits per heavy atom. The number of rotatable bonds is 6. The van der Waals surface area contributed by atoms with Gasteiger partial charge in [0.05, 0.1) is 12.0 Å². The molecule has 1 aliphatic carbocycles. The number of amides is 1. The van der Waals surface area contributed by atoms with Crippen LogP contribution in [-0.2, 0) is 20.4 Å². The highest BCUT2D eigenvalue weighted by Gasteiger charge is 2.30. The minimum Gasteiger partial charge on any atom is -0.481 e. The summed E-state index contributed by atoms with van der Waals surface area (Å²) in [4.78, 5) is 23.5. The molecule has 1 aromatic carbocycles. The van der Waals surface area contributed by atoms with Gasteiger partial charge in [0, 0.05) is 28.7 Å². The predicted molar refractivity (Wildman–Crippen MR) is 89.3 cm³/mol. The van der Waals surface area contributed by atoms with Crippen molar-refractivity contribution in [3.8, 4) is 0 Å². The van der Waals surface area contributed by atoms with Crippen LogP contribution in [0.25, 0.3) is 0 Å². The zero-order valence-corrected chi connectivity index (χ0v) is 14.1. The van der Waals surface area contributed by atoms with E-state index in [0.29, 0.717) is 31.4 Å². The number of benzene rings is 1. The first-order valence-corrected chi connectivity index (χ1v) is 9.58. The minimum absolute atomic E-state index is 0.0619. The lowest BCUT2D eigenvalue weighted by Gasteiger charge is -2.27. The average molecular weight is 337 g/mol. The lowest BCUT2D eigenvalue weighted by atomic mass is 9.81. The van der Waals surface area contributed by atoms with Crippen molar-refractivity contribution in [3.05, 3.63) is 35.9 Å². The Morgan fingerprint density at radius 2 is 1.74 bits per heavy atom. The largest absolute Gasteiger partial charge is 0.481 e. The van der Waals surface area contributed by atoms with Gasteiger partial charge in [0.2, 0.25) is 5.91 Å². The minimum atomic E-state index is -1.02. The average Bonchev–Trinajstić information content (AvgIpc) is 2.54. The molecule has 1 saturated carbocycles. The highest BCUT2D eigenvalue weighted by Crippen LogP contribution is 2.29. The number of carbonyl (C=O) groups is 2. The number of nitrogens with one attached hydrogen (secondary N) is 1. The van der Waals surface area contributed by atoms with Crippen molar-refractivity contribution < 1.29 is 18.9 Å². The van der Waals surface area contributed by atoms with E-state index in [9.17, 15) is 13.8 Å². The predicted octanol–water partition coefficient (Wildman–Crippen LogP) is 2.11. The van der Waals surface area contributed by atoms with Crippen LogP contribution in [0.15, 0.2) is 30.3 Å². The molecule has 0 heterocycles. The van der Waals surface area contributed by atoms with Crippen LogP contribution in [0, 0.1) is 11.8 Å². The van der Waals surface area contributed by atoms with Crippen LogP contribution in [0.5, 0.6) is 0 Å². The first kappa shape index (κ1) is 17.7. The quantitative estimate of drug-likeness (QED) is 0.833. The number of hydrogen-bond acceptors (Lipinski definition) is 3. The Labute approximate surface area is 138 Å². The van der Waals surface area contributed by atoms with Crippen molar-refractivity contribution >= 4 is 22.7 Å². The number of carbonyl (C=O) groups excluding carboxylic acids is 1. The molecule has 23 heavy (non-hydrogen) atoms. The molecule has 2 rings (SSSR count). The van der Waals surface area contributed by atoms with Crippen molar-refractivity contribution in [2.45, 2.75) is 31.7 Å². The van der Waals surface area contributed by atoms with E-state index in [1.165, 1.54) is 0 Å². The highest BCUT2D eigenvalue weighted by atomic mass is 32.2. The molecule has 2 unspecified atom stereocenters. The number of aliphatic carboxylic acids is 1. The van der Waals surface area contributed by atoms with Gasteiger partial charge in [-0.1, -0.05) is 30.3 Å². The van der Waals surface area contributed by atoms with Crippen LogP contribution in [0.1, 0.15) is 37.3 Å². The van der Waals surface area contributed by atoms with Crippen LogP contribution in [-0.4, -0.2) is 33.2 Å². The molecule has 6 heteroatoms. The molecule has 1 amide bonds. The maximum Gasteiger partial charge on any atom is 0.306 e. The van der Waals surface area contributed by atoms with Crippen molar-refractivity contribution in [2.75, 3.05) is 12.0 Å². The van der Waals surface area contributed by atoms with Gasteiger partial charge in [-0.2, -0.15) is 0 Å². The van der Waals surface area contributed by atoms with Crippen molar-refractivity contribution in [1.29, 1.82) is 0 Å². The fraction of sp³-hybridized carbons (Fsp3) is 0.529. The van der Waals surface area contributed by atoms with Gasteiger partial charge in [-0.15, -0.1) is 0 Å². The molecule has 1 fully saturated rings. The van der Waals surface area contributed by atoms with Gasteiger partial charge in [-0.25, -0.2) is 0 Å². The van der Waals surface area contributed by atoms with Gasteiger partial charge < -0.3 is 10.4 Å². The highest BCUT2D eigenvalue weighted by molar-refractivity contribution is 7.84. The second-order valence-corrected chi connectivity index (χ2v) is 7.58. The van der Waals surface area contributed by atoms with Crippen molar-refractivity contribution in [1.82, 2.24) is 5.32 Å². The van der Waals surface area contributed by atoms with E-state index in [1.807, 2.05) is 30.3 Å². The second kappa shape index (κ2) is 8.24. The van der Waals surface area contributed by atoms with E-state index >= 15 is 0 Å². The molecule has 126 valence electrons. The van der Waals surface area contributed by atoms with Crippen LogP contribution >= 0.6 is 0 Å². The van der Waals surface area contributed by atoms with Crippen molar-refractivity contribution in [3.63, 3.8) is 0 Å². The van der Waals surface area contributed by atoms with Crippen LogP contribution in [0.4, 0.5) is 0 Å². The van der Waals surface area contributed by atoms with Crippen LogP contribution in [0.3, 0.4) is 0 Å². The SMILES string of the molecule is CS(=O)CC(NC(=O)C1CCC(C(=O)O)CC1)c1ccccc1. The van der Waals surface area contributed by atoms with Gasteiger partial charge in [0.15, 0.2) is 0 Å². The summed E-state index contributed by atoms with van der Waals surface area (Å²) < 4.78 is 11.6. The lowest BCUT2D eigenvalue weighted by Crippen LogP contribution is -2.38. The lowest BCUT2D eigenvalue weighted by molar-refractivity contribution is -0.144. The van der Waals surface area contributed by atoms with E-state index in [1.54, 1.807) is 6.26 Å². The van der Waals surface area contributed by atoms with Crippen LogP contribution in [0.2, 0.25) is 0 Å². The zero-order valence-electron chi connectivity index (χ0n) is 13.2. The first-order valence-electron chi connectivity index (χ1n) is 7.85. The molecule has 2 atom stereocenters. The smallest absolute Gasteiger partial charge is 0.306 e. The maximum absolute atomic E-state index is 12.5.